The second-order valence-electron chi connectivity index (χ2n) is 7.34. The van der Waals surface area contributed by atoms with Crippen LogP contribution in [0.3, 0.4) is 0 Å². The number of nitrogens with zero attached hydrogens (tertiary/aromatic N) is 4. The van der Waals surface area contributed by atoms with E-state index in [1.54, 1.807) is 18.4 Å². The van der Waals surface area contributed by atoms with Gasteiger partial charge in [-0.25, -0.2) is 0 Å². The third-order valence-corrected chi connectivity index (χ3v) is 6.25. The fourth-order valence-electron chi connectivity index (χ4n) is 4.01. The number of piperidine rings is 2. The molecule has 8 heteroatoms. The molecule has 1 amide bonds. The first kappa shape index (κ1) is 19.7. The maximum absolute atomic E-state index is 12.3. The van der Waals surface area contributed by atoms with E-state index in [1.165, 1.54) is 12.8 Å². The van der Waals surface area contributed by atoms with Gasteiger partial charge in [0, 0.05) is 39.3 Å². The monoisotopic (exact) mass is 381 g/mol. The van der Waals surface area contributed by atoms with Crippen molar-refractivity contribution in [1.82, 2.24) is 25.3 Å². The van der Waals surface area contributed by atoms with Crippen LogP contribution in [0, 0.1) is 12.8 Å². The molecule has 0 saturated carbocycles. The van der Waals surface area contributed by atoms with E-state index in [9.17, 15) is 4.79 Å². The number of amides is 1. The number of ether oxygens (including phenoxy) is 1. The van der Waals surface area contributed by atoms with Crippen molar-refractivity contribution in [1.29, 1.82) is 0 Å². The fourth-order valence-corrected chi connectivity index (χ4v) is 4.76. The SMILES string of the molecule is COCCNC(=O)[C@H]1CCCN(C2CCN(Cc3nnc(C)s3)CC2)C1. The molecule has 7 nitrogen and oxygen atoms in total. The third-order valence-electron chi connectivity index (χ3n) is 5.43. The number of hydrogen-bond acceptors (Lipinski definition) is 7. The molecule has 0 bridgehead atoms. The molecule has 2 aliphatic heterocycles. The van der Waals surface area contributed by atoms with Crippen LogP contribution in [0.1, 0.15) is 35.7 Å². The van der Waals surface area contributed by atoms with Gasteiger partial charge in [0.15, 0.2) is 0 Å². The summed E-state index contributed by atoms with van der Waals surface area (Å²) in [4.78, 5) is 17.4. The van der Waals surface area contributed by atoms with Gasteiger partial charge in [0.05, 0.1) is 19.1 Å². The summed E-state index contributed by atoms with van der Waals surface area (Å²) in [7, 11) is 1.66. The van der Waals surface area contributed by atoms with Gasteiger partial charge >= 0.3 is 0 Å². The number of hydrogen-bond donors (Lipinski definition) is 1. The average molecular weight is 382 g/mol. The van der Waals surface area contributed by atoms with Crippen LogP contribution in [0.15, 0.2) is 0 Å². The standard InChI is InChI=1S/C18H31N5O2S/c1-14-20-21-17(26-14)13-22-9-5-16(6-10-22)23-8-3-4-15(12-23)18(24)19-7-11-25-2/h15-16H,3-13H2,1-2H3,(H,19,24)/t15-/m0/s1. The summed E-state index contributed by atoms with van der Waals surface area (Å²) in [6.45, 7) is 8.34. The van der Waals surface area contributed by atoms with Crippen LogP contribution in [-0.2, 0) is 16.1 Å². The molecule has 2 fully saturated rings. The molecule has 0 aliphatic carbocycles. The van der Waals surface area contributed by atoms with E-state index in [2.05, 4.69) is 25.3 Å². The third kappa shape index (κ3) is 5.45. The van der Waals surface area contributed by atoms with Gasteiger partial charge in [-0.1, -0.05) is 0 Å². The van der Waals surface area contributed by atoms with Crippen LogP contribution >= 0.6 is 11.3 Å². The number of methoxy groups -OCH3 is 1. The van der Waals surface area contributed by atoms with E-state index in [1.807, 2.05) is 6.92 Å². The normalized spacial score (nSPS) is 23.2. The van der Waals surface area contributed by atoms with Crippen LogP contribution in [0.4, 0.5) is 0 Å². The van der Waals surface area contributed by atoms with Crippen molar-refractivity contribution in [3.63, 3.8) is 0 Å². The Kier molecular flexibility index (Phi) is 7.36. The van der Waals surface area contributed by atoms with Crippen LogP contribution in [-0.4, -0.2) is 78.4 Å². The lowest BCUT2D eigenvalue weighted by molar-refractivity contribution is -0.127. The van der Waals surface area contributed by atoms with Crippen LogP contribution in [0.2, 0.25) is 0 Å². The highest BCUT2D eigenvalue weighted by atomic mass is 32.1. The maximum atomic E-state index is 12.3. The van der Waals surface area contributed by atoms with Crippen molar-refractivity contribution in [3.8, 4) is 0 Å². The van der Waals surface area contributed by atoms with Gasteiger partial charge in [-0.3, -0.25) is 14.6 Å². The van der Waals surface area contributed by atoms with Crippen LogP contribution in [0.5, 0.6) is 0 Å². The second kappa shape index (κ2) is 9.73. The number of carbonyl (C=O) groups excluding carboxylic acids is 1. The van der Waals surface area contributed by atoms with Crippen molar-refractivity contribution in [2.75, 3.05) is 46.4 Å². The quantitative estimate of drug-likeness (QED) is 0.718. The van der Waals surface area contributed by atoms with Crippen LogP contribution < -0.4 is 5.32 Å². The Morgan fingerprint density at radius 1 is 1.27 bits per heavy atom. The zero-order chi connectivity index (χ0) is 18.4. The highest BCUT2D eigenvalue weighted by molar-refractivity contribution is 7.11. The maximum Gasteiger partial charge on any atom is 0.224 e. The highest BCUT2D eigenvalue weighted by Gasteiger charge is 2.31. The minimum atomic E-state index is 0.128. The lowest BCUT2D eigenvalue weighted by atomic mass is 9.93. The van der Waals surface area contributed by atoms with E-state index >= 15 is 0 Å². The molecule has 3 rings (SSSR count). The second-order valence-corrected chi connectivity index (χ2v) is 8.61. The number of likely N-dealkylation sites (tertiary alicyclic amines) is 2. The van der Waals surface area contributed by atoms with Gasteiger partial charge in [-0.05, 0) is 39.2 Å². The molecule has 0 spiro atoms. The van der Waals surface area contributed by atoms with Gasteiger partial charge in [0.2, 0.25) is 5.91 Å². The summed E-state index contributed by atoms with van der Waals surface area (Å²) in [5, 5.41) is 13.5. The van der Waals surface area contributed by atoms with E-state index in [0.29, 0.717) is 19.2 Å². The molecule has 0 unspecified atom stereocenters. The van der Waals surface area contributed by atoms with Crippen molar-refractivity contribution >= 4 is 17.2 Å². The summed E-state index contributed by atoms with van der Waals surface area (Å²) < 4.78 is 5.01. The first-order chi connectivity index (χ1) is 12.7. The zero-order valence-corrected chi connectivity index (χ0v) is 16.8. The Morgan fingerprint density at radius 3 is 2.77 bits per heavy atom. The molecule has 1 aromatic rings. The highest BCUT2D eigenvalue weighted by Crippen LogP contribution is 2.25. The molecule has 1 aromatic heterocycles. The summed E-state index contributed by atoms with van der Waals surface area (Å²) in [5.74, 6) is 0.318. The van der Waals surface area contributed by atoms with E-state index in [0.717, 1.165) is 55.6 Å². The number of carbonyl (C=O) groups is 1. The van der Waals surface area contributed by atoms with Crippen LogP contribution in [0.25, 0.3) is 0 Å². The number of rotatable bonds is 7. The molecule has 3 heterocycles. The molecular weight excluding hydrogens is 350 g/mol. The Morgan fingerprint density at radius 2 is 2.08 bits per heavy atom. The lowest BCUT2D eigenvalue weighted by Crippen LogP contribution is -2.50. The van der Waals surface area contributed by atoms with E-state index in [-0.39, 0.29) is 11.8 Å². The first-order valence-electron chi connectivity index (χ1n) is 9.67. The summed E-state index contributed by atoms with van der Waals surface area (Å²) in [5.41, 5.74) is 0. The average Bonchev–Trinajstić information content (AvgIpc) is 3.07. The number of aromatic nitrogens is 2. The molecule has 0 aromatic carbocycles. The van der Waals surface area contributed by atoms with Gasteiger partial charge < -0.3 is 10.1 Å². The Labute approximate surface area is 160 Å². The van der Waals surface area contributed by atoms with Crippen molar-refractivity contribution in [2.45, 2.75) is 45.2 Å². The predicted octanol–water partition coefficient (Wildman–Crippen LogP) is 1.29. The van der Waals surface area contributed by atoms with E-state index in [4.69, 9.17) is 4.74 Å². The van der Waals surface area contributed by atoms with Gasteiger partial charge in [0.25, 0.3) is 0 Å². The topological polar surface area (TPSA) is 70.6 Å². The molecule has 26 heavy (non-hydrogen) atoms. The Hall–Kier alpha value is -1.09. The van der Waals surface area contributed by atoms with Gasteiger partial charge in [-0.15, -0.1) is 21.5 Å². The Balaban J connectivity index is 1.42. The number of aryl methyl sites for hydroxylation is 1. The molecule has 146 valence electrons. The van der Waals surface area contributed by atoms with E-state index < -0.39 is 0 Å². The molecule has 2 aliphatic rings. The van der Waals surface area contributed by atoms with Crippen molar-refractivity contribution in [2.24, 2.45) is 5.92 Å². The van der Waals surface area contributed by atoms with Gasteiger partial charge in [-0.2, -0.15) is 0 Å². The minimum absolute atomic E-state index is 0.128. The molecule has 2 saturated heterocycles. The largest absolute Gasteiger partial charge is 0.383 e. The van der Waals surface area contributed by atoms with Gasteiger partial charge in [0.1, 0.15) is 10.0 Å². The van der Waals surface area contributed by atoms with Crippen molar-refractivity contribution in [3.05, 3.63) is 10.0 Å². The number of nitrogens with one attached hydrogen (secondary N) is 1. The smallest absolute Gasteiger partial charge is 0.224 e. The summed E-state index contributed by atoms with van der Waals surface area (Å²) in [6, 6.07) is 0.608. The molecule has 1 N–H and O–H groups in total. The fraction of sp³-hybridized carbons (Fsp3) is 0.833. The Bertz CT molecular complexity index is 574. The first-order valence-corrected chi connectivity index (χ1v) is 10.5. The predicted molar refractivity (Wildman–Crippen MR) is 102 cm³/mol. The molecule has 1 atom stereocenters. The molecular formula is C18H31N5O2S. The zero-order valence-electron chi connectivity index (χ0n) is 15.9. The minimum Gasteiger partial charge on any atom is -0.383 e. The van der Waals surface area contributed by atoms with Crippen molar-refractivity contribution < 1.29 is 9.53 Å². The summed E-state index contributed by atoms with van der Waals surface area (Å²) in [6.07, 6.45) is 4.47. The summed E-state index contributed by atoms with van der Waals surface area (Å²) >= 11 is 1.69. The molecule has 0 radical (unpaired) electrons. The lowest BCUT2D eigenvalue weighted by Gasteiger charge is -2.41.